The van der Waals surface area contributed by atoms with Crippen molar-refractivity contribution in [1.82, 2.24) is 5.32 Å². The first-order valence-electron chi connectivity index (χ1n) is 6.54. The maximum atomic E-state index is 6.27. The standard InChI is InChI=1S/C15H17BrClNO2S/c1-19-8-7-18-9-12-13(17)3-2-4-14(12)20-10-11-5-6-15(16)21-11/h2-6,18H,7-10H2,1H3. The molecule has 21 heavy (non-hydrogen) atoms. The van der Waals surface area contributed by atoms with E-state index in [1.165, 1.54) is 4.88 Å². The SMILES string of the molecule is COCCNCc1c(Cl)cccc1OCc1ccc(Br)s1. The number of halogens is 2. The van der Waals surface area contributed by atoms with E-state index < -0.39 is 0 Å². The number of nitrogens with one attached hydrogen (secondary N) is 1. The van der Waals surface area contributed by atoms with E-state index in [1.54, 1.807) is 18.4 Å². The van der Waals surface area contributed by atoms with Crippen LogP contribution >= 0.6 is 38.9 Å². The first-order chi connectivity index (χ1) is 10.2. The smallest absolute Gasteiger partial charge is 0.125 e. The minimum absolute atomic E-state index is 0.543. The van der Waals surface area contributed by atoms with Crippen molar-refractivity contribution in [2.24, 2.45) is 0 Å². The largest absolute Gasteiger partial charge is 0.488 e. The number of benzene rings is 1. The van der Waals surface area contributed by atoms with Gasteiger partial charge in [-0.2, -0.15) is 0 Å². The molecule has 0 bridgehead atoms. The Bertz CT molecular complexity index is 577. The summed E-state index contributed by atoms with van der Waals surface area (Å²) in [5.41, 5.74) is 0.978. The fourth-order valence-electron chi connectivity index (χ4n) is 1.81. The number of rotatable bonds is 8. The molecule has 3 nitrogen and oxygen atoms in total. The van der Waals surface area contributed by atoms with Crippen LogP contribution in [0, 0.1) is 0 Å². The Morgan fingerprint density at radius 1 is 1.29 bits per heavy atom. The fraction of sp³-hybridized carbons (Fsp3) is 0.333. The Kier molecular flexibility index (Phi) is 6.99. The lowest BCUT2D eigenvalue weighted by atomic mass is 10.2. The lowest BCUT2D eigenvalue weighted by Crippen LogP contribution is -2.19. The van der Waals surface area contributed by atoms with Crippen LogP contribution in [0.1, 0.15) is 10.4 Å². The molecule has 0 atom stereocenters. The first kappa shape index (κ1) is 16.8. The zero-order valence-electron chi connectivity index (χ0n) is 11.7. The van der Waals surface area contributed by atoms with Gasteiger partial charge >= 0.3 is 0 Å². The second-order valence-electron chi connectivity index (χ2n) is 4.38. The molecule has 1 aromatic carbocycles. The lowest BCUT2D eigenvalue weighted by Gasteiger charge is -2.13. The zero-order valence-corrected chi connectivity index (χ0v) is 14.9. The van der Waals surface area contributed by atoms with Gasteiger partial charge in [-0.3, -0.25) is 0 Å². The van der Waals surface area contributed by atoms with E-state index in [0.29, 0.717) is 24.8 Å². The molecule has 0 unspecified atom stereocenters. The van der Waals surface area contributed by atoms with Gasteiger partial charge in [0.2, 0.25) is 0 Å². The highest BCUT2D eigenvalue weighted by atomic mass is 79.9. The number of methoxy groups -OCH3 is 1. The van der Waals surface area contributed by atoms with Crippen LogP contribution in [-0.2, 0) is 17.9 Å². The van der Waals surface area contributed by atoms with E-state index in [9.17, 15) is 0 Å². The zero-order chi connectivity index (χ0) is 15.1. The molecule has 1 heterocycles. The highest BCUT2D eigenvalue weighted by Crippen LogP contribution is 2.28. The third-order valence-electron chi connectivity index (χ3n) is 2.86. The fourth-order valence-corrected chi connectivity index (χ4v) is 3.44. The maximum absolute atomic E-state index is 6.27. The van der Waals surface area contributed by atoms with E-state index in [1.807, 2.05) is 24.3 Å². The minimum Gasteiger partial charge on any atom is -0.488 e. The van der Waals surface area contributed by atoms with Crippen LogP contribution < -0.4 is 10.1 Å². The summed E-state index contributed by atoms with van der Waals surface area (Å²) >= 11 is 11.4. The van der Waals surface area contributed by atoms with Crippen LogP contribution in [0.4, 0.5) is 0 Å². The quantitative estimate of drug-likeness (QED) is 0.674. The van der Waals surface area contributed by atoms with Crippen molar-refractivity contribution in [2.75, 3.05) is 20.3 Å². The summed E-state index contributed by atoms with van der Waals surface area (Å²) < 4.78 is 12.0. The van der Waals surface area contributed by atoms with Gasteiger partial charge < -0.3 is 14.8 Å². The van der Waals surface area contributed by atoms with Crippen LogP contribution in [0.15, 0.2) is 34.1 Å². The number of ether oxygens (including phenoxy) is 2. The van der Waals surface area contributed by atoms with Crippen LogP contribution in [0.2, 0.25) is 5.02 Å². The Balaban J connectivity index is 1.99. The van der Waals surface area contributed by atoms with Crippen molar-refractivity contribution in [3.8, 4) is 5.75 Å². The Morgan fingerprint density at radius 3 is 2.86 bits per heavy atom. The van der Waals surface area contributed by atoms with Gasteiger partial charge in [-0.1, -0.05) is 17.7 Å². The summed E-state index contributed by atoms with van der Waals surface area (Å²) in [5.74, 6) is 0.817. The second-order valence-corrected chi connectivity index (χ2v) is 7.34. The van der Waals surface area contributed by atoms with Gasteiger partial charge in [-0.05, 0) is 40.2 Å². The van der Waals surface area contributed by atoms with Crippen molar-refractivity contribution < 1.29 is 9.47 Å². The lowest BCUT2D eigenvalue weighted by molar-refractivity contribution is 0.199. The topological polar surface area (TPSA) is 30.5 Å². The molecule has 0 radical (unpaired) electrons. The Labute approximate surface area is 142 Å². The molecule has 0 spiro atoms. The van der Waals surface area contributed by atoms with Crippen molar-refractivity contribution in [3.05, 3.63) is 49.6 Å². The summed E-state index contributed by atoms with van der Waals surface area (Å²) in [5, 5.41) is 4.00. The van der Waals surface area contributed by atoms with E-state index in [4.69, 9.17) is 21.1 Å². The normalized spacial score (nSPS) is 10.8. The summed E-state index contributed by atoms with van der Waals surface area (Å²) in [6.07, 6.45) is 0. The van der Waals surface area contributed by atoms with E-state index in [-0.39, 0.29) is 0 Å². The third kappa shape index (κ3) is 5.27. The Morgan fingerprint density at radius 2 is 2.14 bits per heavy atom. The predicted molar refractivity (Wildman–Crippen MR) is 91.4 cm³/mol. The summed E-state index contributed by atoms with van der Waals surface area (Å²) in [7, 11) is 1.69. The van der Waals surface area contributed by atoms with Crippen LogP contribution in [-0.4, -0.2) is 20.3 Å². The average Bonchev–Trinajstić information content (AvgIpc) is 2.89. The van der Waals surface area contributed by atoms with Crippen molar-refractivity contribution in [1.29, 1.82) is 0 Å². The van der Waals surface area contributed by atoms with Gasteiger partial charge in [0.15, 0.2) is 0 Å². The van der Waals surface area contributed by atoms with Gasteiger partial charge in [0, 0.05) is 35.7 Å². The molecule has 1 N–H and O–H groups in total. The second kappa shape index (κ2) is 8.76. The minimum atomic E-state index is 0.543. The van der Waals surface area contributed by atoms with Crippen LogP contribution in [0.25, 0.3) is 0 Å². The average molecular weight is 391 g/mol. The van der Waals surface area contributed by atoms with Gasteiger partial charge in [0.1, 0.15) is 12.4 Å². The summed E-state index contributed by atoms with van der Waals surface area (Å²) in [4.78, 5) is 1.17. The number of thiophene rings is 1. The molecule has 0 fully saturated rings. The van der Waals surface area contributed by atoms with Crippen molar-refractivity contribution in [3.63, 3.8) is 0 Å². The molecule has 6 heteroatoms. The van der Waals surface area contributed by atoms with Crippen LogP contribution in [0.3, 0.4) is 0 Å². The molecule has 0 amide bonds. The van der Waals surface area contributed by atoms with Crippen molar-refractivity contribution in [2.45, 2.75) is 13.2 Å². The van der Waals surface area contributed by atoms with Gasteiger partial charge in [-0.25, -0.2) is 0 Å². The molecule has 0 aliphatic heterocycles. The molecular weight excluding hydrogens is 374 g/mol. The molecule has 114 valence electrons. The predicted octanol–water partition coefficient (Wildman–Crippen LogP) is 4.48. The number of hydrogen-bond donors (Lipinski definition) is 1. The molecule has 0 saturated carbocycles. The van der Waals surface area contributed by atoms with E-state index >= 15 is 0 Å². The Hall–Kier alpha value is -0.590. The monoisotopic (exact) mass is 389 g/mol. The van der Waals surface area contributed by atoms with E-state index in [2.05, 4.69) is 27.3 Å². The molecule has 1 aromatic heterocycles. The summed E-state index contributed by atoms with van der Waals surface area (Å²) in [6, 6.07) is 9.80. The van der Waals surface area contributed by atoms with E-state index in [0.717, 1.165) is 21.6 Å². The van der Waals surface area contributed by atoms with Crippen LogP contribution in [0.5, 0.6) is 5.75 Å². The molecule has 0 aliphatic carbocycles. The molecule has 0 saturated heterocycles. The highest BCUT2D eigenvalue weighted by molar-refractivity contribution is 9.11. The number of hydrogen-bond acceptors (Lipinski definition) is 4. The van der Waals surface area contributed by atoms with Gasteiger partial charge in [0.25, 0.3) is 0 Å². The maximum Gasteiger partial charge on any atom is 0.125 e. The molecule has 2 rings (SSSR count). The molecular formula is C15H17BrClNO2S. The van der Waals surface area contributed by atoms with Gasteiger partial charge in [-0.15, -0.1) is 11.3 Å². The summed E-state index contributed by atoms with van der Waals surface area (Å²) in [6.45, 7) is 2.65. The van der Waals surface area contributed by atoms with Crippen molar-refractivity contribution >= 4 is 38.9 Å². The highest BCUT2D eigenvalue weighted by Gasteiger charge is 2.09. The molecule has 2 aromatic rings. The first-order valence-corrected chi connectivity index (χ1v) is 8.53. The molecule has 0 aliphatic rings. The van der Waals surface area contributed by atoms with Gasteiger partial charge in [0.05, 0.1) is 10.4 Å². The third-order valence-corrected chi connectivity index (χ3v) is 4.81.